The van der Waals surface area contributed by atoms with Crippen molar-refractivity contribution in [1.29, 1.82) is 0 Å². The van der Waals surface area contributed by atoms with E-state index < -0.39 is 0 Å². The second kappa shape index (κ2) is 4.65. The van der Waals surface area contributed by atoms with Crippen LogP contribution in [-0.2, 0) is 4.79 Å². The van der Waals surface area contributed by atoms with Crippen molar-refractivity contribution < 1.29 is 4.79 Å². The molecule has 0 spiro atoms. The Morgan fingerprint density at radius 3 is 2.88 bits per heavy atom. The lowest BCUT2D eigenvalue weighted by Crippen LogP contribution is -2.59. The molecule has 1 aliphatic heterocycles. The number of likely N-dealkylation sites (N-methyl/N-ethyl adjacent to an activating group) is 1. The summed E-state index contributed by atoms with van der Waals surface area (Å²) in [5.41, 5.74) is 0. The van der Waals surface area contributed by atoms with Crippen molar-refractivity contribution in [2.24, 2.45) is 0 Å². The van der Waals surface area contributed by atoms with Gasteiger partial charge in [-0.05, 0) is 19.9 Å². The SMILES string of the molecule is CCN(C(=O)C(C)n1cccn1)C1CNC1. The Kier molecular flexibility index (Phi) is 3.24. The number of hydrogen-bond acceptors (Lipinski definition) is 3. The smallest absolute Gasteiger partial charge is 0.247 e. The molecule has 88 valence electrons. The summed E-state index contributed by atoms with van der Waals surface area (Å²) in [7, 11) is 0. The van der Waals surface area contributed by atoms with Crippen LogP contribution in [0, 0.1) is 0 Å². The van der Waals surface area contributed by atoms with E-state index in [4.69, 9.17) is 0 Å². The van der Waals surface area contributed by atoms with Gasteiger partial charge < -0.3 is 10.2 Å². The van der Waals surface area contributed by atoms with Gasteiger partial charge in [0.15, 0.2) is 0 Å². The predicted octanol–water partition coefficient (Wildman–Crippen LogP) is 0.264. The van der Waals surface area contributed by atoms with E-state index in [1.807, 2.05) is 31.0 Å². The number of nitrogens with zero attached hydrogens (tertiary/aromatic N) is 3. The zero-order valence-corrected chi connectivity index (χ0v) is 9.76. The lowest BCUT2D eigenvalue weighted by molar-refractivity contribution is -0.137. The average molecular weight is 222 g/mol. The molecule has 1 N–H and O–H groups in total. The summed E-state index contributed by atoms with van der Waals surface area (Å²) < 4.78 is 1.71. The van der Waals surface area contributed by atoms with E-state index in [9.17, 15) is 4.79 Å². The average Bonchev–Trinajstić information content (AvgIpc) is 2.74. The molecule has 2 heterocycles. The molecule has 1 fully saturated rings. The number of rotatable bonds is 4. The zero-order valence-electron chi connectivity index (χ0n) is 9.76. The van der Waals surface area contributed by atoms with E-state index in [-0.39, 0.29) is 11.9 Å². The third-order valence-corrected chi connectivity index (χ3v) is 3.10. The molecular weight excluding hydrogens is 204 g/mol. The fraction of sp³-hybridized carbons (Fsp3) is 0.636. The van der Waals surface area contributed by atoms with Crippen LogP contribution in [0.25, 0.3) is 0 Å². The van der Waals surface area contributed by atoms with Gasteiger partial charge in [0.1, 0.15) is 6.04 Å². The van der Waals surface area contributed by atoms with Gasteiger partial charge in [0, 0.05) is 32.0 Å². The summed E-state index contributed by atoms with van der Waals surface area (Å²) in [6.45, 7) is 6.49. The first-order chi connectivity index (χ1) is 7.74. The van der Waals surface area contributed by atoms with Crippen LogP contribution in [0.15, 0.2) is 18.5 Å². The third-order valence-electron chi connectivity index (χ3n) is 3.10. The first kappa shape index (κ1) is 11.1. The number of amides is 1. The van der Waals surface area contributed by atoms with Crippen LogP contribution in [0.1, 0.15) is 19.9 Å². The van der Waals surface area contributed by atoms with E-state index in [0.717, 1.165) is 19.6 Å². The van der Waals surface area contributed by atoms with E-state index >= 15 is 0 Å². The van der Waals surface area contributed by atoms with Crippen LogP contribution in [-0.4, -0.2) is 46.3 Å². The molecule has 1 unspecified atom stereocenters. The summed E-state index contributed by atoms with van der Waals surface area (Å²) >= 11 is 0. The Balaban J connectivity index is 2.04. The van der Waals surface area contributed by atoms with Gasteiger partial charge in [-0.15, -0.1) is 0 Å². The van der Waals surface area contributed by atoms with Gasteiger partial charge in [-0.25, -0.2) is 0 Å². The summed E-state index contributed by atoms with van der Waals surface area (Å²) in [4.78, 5) is 14.2. The highest BCUT2D eigenvalue weighted by molar-refractivity contribution is 5.80. The predicted molar refractivity (Wildman–Crippen MR) is 61.0 cm³/mol. The Labute approximate surface area is 95.4 Å². The second-order valence-corrected chi connectivity index (χ2v) is 4.10. The standard InChI is InChI=1S/C11H18N4O/c1-3-14(10-7-12-8-10)11(16)9(2)15-6-4-5-13-15/h4-6,9-10,12H,3,7-8H2,1-2H3. The minimum absolute atomic E-state index is 0.151. The van der Waals surface area contributed by atoms with Crippen molar-refractivity contribution in [2.75, 3.05) is 19.6 Å². The first-order valence-electron chi connectivity index (χ1n) is 5.74. The maximum atomic E-state index is 12.2. The Bertz CT molecular complexity index is 345. The monoisotopic (exact) mass is 222 g/mol. The molecule has 5 heteroatoms. The second-order valence-electron chi connectivity index (χ2n) is 4.10. The molecule has 16 heavy (non-hydrogen) atoms. The highest BCUT2D eigenvalue weighted by Crippen LogP contribution is 2.13. The summed E-state index contributed by atoms with van der Waals surface area (Å²) in [6.07, 6.45) is 3.53. The molecule has 1 amide bonds. The van der Waals surface area contributed by atoms with Crippen LogP contribution in [0.4, 0.5) is 0 Å². The molecular formula is C11H18N4O. The molecule has 0 bridgehead atoms. The van der Waals surface area contributed by atoms with Gasteiger partial charge in [0.2, 0.25) is 5.91 Å². The Morgan fingerprint density at radius 1 is 1.69 bits per heavy atom. The molecule has 1 atom stereocenters. The first-order valence-corrected chi connectivity index (χ1v) is 5.74. The van der Waals surface area contributed by atoms with Gasteiger partial charge >= 0.3 is 0 Å². The van der Waals surface area contributed by atoms with Crippen molar-refractivity contribution in [3.8, 4) is 0 Å². The minimum Gasteiger partial charge on any atom is -0.336 e. The van der Waals surface area contributed by atoms with E-state index in [1.54, 1.807) is 10.9 Å². The van der Waals surface area contributed by atoms with Crippen LogP contribution in [0.2, 0.25) is 0 Å². The maximum absolute atomic E-state index is 12.2. The fourth-order valence-corrected chi connectivity index (χ4v) is 1.95. The van der Waals surface area contributed by atoms with Crippen LogP contribution in [0.5, 0.6) is 0 Å². The molecule has 0 radical (unpaired) electrons. The number of hydrogen-bond donors (Lipinski definition) is 1. The summed E-state index contributed by atoms with van der Waals surface area (Å²) in [5, 5.41) is 7.30. The van der Waals surface area contributed by atoms with Crippen molar-refractivity contribution in [1.82, 2.24) is 20.0 Å². The quantitative estimate of drug-likeness (QED) is 0.795. The van der Waals surface area contributed by atoms with E-state index in [0.29, 0.717) is 6.04 Å². The normalized spacial score (nSPS) is 17.9. The summed E-state index contributed by atoms with van der Waals surface area (Å²) in [5.74, 6) is 0.151. The van der Waals surface area contributed by atoms with Gasteiger partial charge in [-0.2, -0.15) is 5.10 Å². The van der Waals surface area contributed by atoms with Crippen LogP contribution in [0.3, 0.4) is 0 Å². The molecule has 1 aromatic rings. The lowest BCUT2D eigenvalue weighted by Gasteiger charge is -2.38. The van der Waals surface area contributed by atoms with Crippen molar-refractivity contribution in [3.05, 3.63) is 18.5 Å². The topological polar surface area (TPSA) is 50.2 Å². The molecule has 2 rings (SSSR count). The van der Waals surface area contributed by atoms with Crippen LogP contribution < -0.4 is 5.32 Å². The number of carbonyl (C=O) groups is 1. The largest absolute Gasteiger partial charge is 0.336 e. The Hall–Kier alpha value is -1.36. The maximum Gasteiger partial charge on any atom is 0.247 e. The van der Waals surface area contributed by atoms with E-state index in [2.05, 4.69) is 10.4 Å². The van der Waals surface area contributed by atoms with Crippen molar-refractivity contribution in [2.45, 2.75) is 25.9 Å². The fourth-order valence-electron chi connectivity index (χ4n) is 1.95. The zero-order chi connectivity index (χ0) is 11.5. The minimum atomic E-state index is -0.212. The highest BCUT2D eigenvalue weighted by Gasteiger charge is 2.30. The van der Waals surface area contributed by atoms with Gasteiger partial charge in [0.05, 0.1) is 6.04 Å². The van der Waals surface area contributed by atoms with Crippen LogP contribution >= 0.6 is 0 Å². The summed E-state index contributed by atoms with van der Waals surface area (Å²) in [6, 6.07) is 1.98. The lowest BCUT2D eigenvalue weighted by atomic mass is 10.1. The third kappa shape index (κ3) is 1.95. The molecule has 1 saturated heterocycles. The molecule has 0 aromatic carbocycles. The van der Waals surface area contributed by atoms with Crippen molar-refractivity contribution >= 4 is 5.91 Å². The molecule has 1 aromatic heterocycles. The molecule has 0 saturated carbocycles. The number of aromatic nitrogens is 2. The number of nitrogens with one attached hydrogen (secondary N) is 1. The number of carbonyl (C=O) groups excluding carboxylic acids is 1. The molecule has 0 aliphatic carbocycles. The molecule has 1 aliphatic rings. The highest BCUT2D eigenvalue weighted by atomic mass is 16.2. The van der Waals surface area contributed by atoms with Crippen molar-refractivity contribution in [3.63, 3.8) is 0 Å². The van der Waals surface area contributed by atoms with Gasteiger partial charge in [-0.3, -0.25) is 9.48 Å². The molecule has 5 nitrogen and oxygen atoms in total. The van der Waals surface area contributed by atoms with E-state index in [1.165, 1.54) is 0 Å². The van der Waals surface area contributed by atoms with Gasteiger partial charge in [0.25, 0.3) is 0 Å². The van der Waals surface area contributed by atoms with Gasteiger partial charge in [-0.1, -0.05) is 0 Å². The Morgan fingerprint density at radius 2 is 2.44 bits per heavy atom.